The lowest BCUT2D eigenvalue weighted by Gasteiger charge is -2.37. The van der Waals surface area contributed by atoms with Crippen LogP contribution in [0.2, 0.25) is 0 Å². The molecule has 0 N–H and O–H groups in total. The number of likely N-dealkylation sites (N-methyl/N-ethyl adjacent to an activating group) is 1. The zero-order valence-corrected chi connectivity index (χ0v) is 12.0. The summed E-state index contributed by atoms with van der Waals surface area (Å²) in [7, 11) is 2.06. The Labute approximate surface area is 114 Å². The van der Waals surface area contributed by atoms with Gasteiger partial charge in [-0.2, -0.15) is 12.6 Å². The van der Waals surface area contributed by atoms with E-state index >= 15 is 0 Å². The van der Waals surface area contributed by atoms with Crippen molar-refractivity contribution < 1.29 is 4.79 Å². The molecule has 3 nitrogen and oxygen atoms in total. The van der Waals surface area contributed by atoms with Crippen LogP contribution < -0.4 is 9.80 Å². The predicted octanol–water partition coefficient (Wildman–Crippen LogP) is 2.42. The third kappa shape index (κ3) is 2.34. The lowest BCUT2D eigenvalue weighted by atomic mass is 10.1. The summed E-state index contributed by atoms with van der Waals surface area (Å²) in [5, 5.41) is -0.235. The maximum absolute atomic E-state index is 12.4. The van der Waals surface area contributed by atoms with Gasteiger partial charge in [0.25, 0.3) is 0 Å². The molecule has 1 atom stereocenters. The van der Waals surface area contributed by atoms with Gasteiger partial charge in [-0.05, 0) is 18.1 Å². The molecule has 4 heteroatoms. The van der Waals surface area contributed by atoms with Crippen LogP contribution in [-0.4, -0.2) is 31.3 Å². The van der Waals surface area contributed by atoms with Gasteiger partial charge < -0.3 is 9.80 Å². The molecule has 0 aromatic heterocycles. The van der Waals surface area contributed by atoms with E-state index in [4.69, 9.17) is 0 Å². The van der Waals surface area contributed by atoms with Crippen molar-refractivity contribution in [1.82, 2.24) is 0 Å². The van der Waals surface area contributed by atoms with Crippen molar-refractivity contribution in [3.63, 3.8) is 0 Å². The molecule has 1 aliphatic heterocycles. The van der Waals surface area contributed by atoms with Gasteiger partial charge in [0, 0.05) is 20.1 Å². The van der Waals surface area contributed by atoms with Gasteiger partial charge in [-0.25, -0.2) is 0 Å². The molecule has 1 aromatic carbocycles. The monoisotopic (exact) mass is 264 g/mol. The number of carbonyl (C=O) groups excluding carboxylic acids is 1. The highest BCUT2D eigenvalue weighted by Crippen LogP contribution is 2.33. The number of thiol groups is 1. The number of fused-ring (bicyclic) bond motifs is 1. The van der Waals surface area contributed by atoms with Crippen LogP contribution in [0.5, 0.6) is 0 Å². The first-order valence-electron chi connectivity index (χ1n) is 6.32. The second-order valence-corrected chi connectivity index (χ2v) is 5.65. The van der Waals surface area contributed by atoms with Gasteiger partial charge in [0.05, 0.1) is 16.6 Å². The van der Waals surface area contributed by atoms with E-state index in [1.54, 1.807) is 0 Å². The lowest BCUT2D eigenvalue weighted by molar-refractivity contribution is -0.118. The molecular weight excluding hydrogens is 244 g/mol. The van der Waals surface area contributed by atoms with E-state index in [9.17, 15) is 4.79 Å². The van der Waals surface area contributed by atoms with Gasteiger partial charge in [0.1, 0.15) is 0 Å². The highest BCUT2D eigenvalue weighted by atomic mass is 32.1. The summed E-state index contributed by atoms with van der Waals surface area (Å²) in [6, 6.07) is 8.03. The van der Waals surface area contributed by atoms with Crippen molar-refractivity contribution in [1.29, 1.82) is 0 Å². The summed E-state index contributed by atoms with van der Waals surface area (Å²) in [6.45, 7) is 5.65. The SMILES string of the molecule is CC(C)C(S)C(=O)N1CCN(C)c2ccccc21. The van der Waals surface area contributed by atoms with Crippen LogP contribution in [0.4, 0.5) is 11.4 Å². The number of rotatable bonds is 2. The maximum Gasteiger partial charge on any atom is 0.240 e. The fourth-order valence-corrected chi connectivity index (χ4v) is 2.32. The molecule has 0 spiro atoms. The Morgan fingerprint density at radius 3 is 2.44 bits per heavy atom. The maximum atomic E-state index is 12.4. The third-order valence-electron chi connectivity index (χ3n) is 3.39. The summed E-state index contributed by atoms with van der Waals surface area (Å²) in [5.41, 5.74) is 2.11. The molecule has 1 unspecified atom stereocenters. The number of hydrogen-bond acceptors (Lipinski definition) is 3. The number of hydrogen-bond donors (Lipinski definition) is 1. The molecule has 0 saturated heterocycles. The Bertz CT molecular complexity index is 447. The van der Waals surface area contributed by atoms with E-state index in [1.165, 1.54) is 0 Å². The minimum Gasteiger partial charge on any atom is -0.371 e. The molecule has 1 aliphatic rings. The topological polar surface area (TPSA) is 23.6 Å². The van der Waals surface area contributed by atoms with E-state index < -0.39 is 0 Å². The second-order valence-electron chi connectivity index (χ2n) is 5.09. The molecule has 1 amide bonds. The fraction of sp³-hybridized carbons (Fsp3) is 0.500. The second kappa shape index (κ2) is 5.22. The first-order valence-corrected chi connectivity index (χ1v) is 6.83. The highest BCUT2D eigenvalue weighted by Gasteiger charge is 2.29. The van der Waals surface area contributed by atoms with Gasteiger partial charge >= 0.3 is 0 Å². The van der Waals surface area contributed by atoms with Gasteiger partial charge in [0.2, 0.25) is 5.91 Å². The van der Waals surface area contributed by atoms with E-state index in [2.05, 4.69) is 30.6 Å². The van der Waals surface area contributed by atoms with Crippen molar-refractivity contribution >= 4 is 29.9 Å². The average Bonchev–Trinajstić information content (AvgIpc) is 2.38. The zero-order chi connectivity index (χ0) is 13.3. The number of nitrogens with zero attached hydrogens (tertiary/aromatic N) is 2. The van der Waals surface area contributed by atoms with Crippen LogP contribution in [0.15, 0.2) is 24.3 Å². The zero-order valence-electron chi connectivity index (χ0n) is 11.1. The summed E-state index contributed by atoms with van der Waals surface area (Å²) in [4.78, 5) is 16.5. The van der Waals surface area contributed by atoms with Gasteiger partial charge in [-0.15, -0.1) is 0 Å². The van der Waals surface area contributed by atoms with Gasteiger partial charge in [-0.3, -0.25) is 4.79 Å². The highest BCUT2D eigenvalue weighted by molar-refractivity contribution is 7.81. The Hall–Kier alpha value is -1.16. The molecular formula is C14H20N2OS. The Morgan fingerprint density at radius 1 is 1.22 bits per heavy atom. The molecule has 18 heavy (non-hydrogen) atoms. The van der Waals surface area contributed by atoms with E-state index in [0.29, 0.717) is 0 Å². The number of benzene rings is 1. The van der Waals surface area contributed by atoms with Crippen LogP contribution in [0.1, 0.15) is 13.8 Å². The van der Waals surface area contributed by atoms with Crippen LogP contribution in [-0.2, 0) is 4.79 Å². The molecule has 0 saturated carbocycles. The number of anilines is 2. The number of amides is 1. The van der Waals surface area contributed by atoms with Gasteiger partial charge in [0.15, 0.2) is 0 Å². The van der Waals surface area contributed by atoms with Crippen LogP contribution >= 0.6 is 12.6 Å². The normalized spacial score (nSPS) is 16.7. The van der Waals surface area contributed by atoms with Crippen molar-refractivity contribution in [2.45, 2.75) is 19.1 Å². The third-order valence-corrected chi connectivity index (χ3v) is 4.21. The average molecular weight is 264 g/mol. The molecule has 0 fully saturated rings. The lowest BCUT2D eigenvalue weighted by Crippen LogP contribution is -2.46. The first-order chi connectivity index (χ1) is 8.52. The summed E-state index contributed by atoms with van der Waals surface area (Å²) >= 11 is 4.44. The van der Waals surface area contributed by atoms with Crippen LogP contribution in [0.3, 0.4) is 0 Å². The van der Waals surface area contributed by atoms with E-state index in [1.807, 2.05) is 36.9 Å². The smallest absolute Gasteiger partial charge is 0.240 e. The van der Waals surface area contributed by atoms with Crippen molar-refractivity contribution in [2.24, 2.45) is 5.92 Å². The van der Waals surface area contributed by atoms with Crippen LogP contribution in [0.25, 0.3) is 0 Å². The van der Waals surface area contributed by atoms with Crippen molar-refractivity contribution in [2.75, 3.05) is 29.9 Å². The van der Waals surface area contributed by atoms with E-state index in [0.717, 1.165) is 24.5 Å². The Balaban J connectivity index is 2.32. The summed E-state index contributed by atoms with van der Waals surface area (Å²) in [6.07, 6.45) is 0. The van der Waals surface area contributed by atoms with Crippen molar-refractivity contribution in [3.05, 3.63) is 24.3 Å². The minimum atomic E-state index is -0.235. The molecule has 98 valence electrons. The summed E-state index contributed by atoms with van der Waals surface area (Å²) in [5.74, 6) is 0.349. The standard InChI is InChI=1S/C14H20N2OS/c1-10(2)13(18)14(17)16-9-8-15(3)11-6-4-5-7-12(11)16/h4-7,10,13,18H,8-9H2,1-3H3. The molecule has 1 aromatic rings. The Morgan fingerprint density at radius 2 is 1.83 bits per heavy atom. The molecule has 0 radical (unpaired) electrons. The first kappa shape index (κ1) is 13.3. The van der Waals surface area contributed by atoms with Crippen LogP contribution in [0, 0.1) is 5.92 Å². The number of carbonyl (C=O) groups is 1. The molecule has 0 bridgehead atoms. The molecule has 2 rings (SSSR count). The Kier molecular flexibility index (Phi) is 3.85. The molecule has 0 aliphatic carbocycles. The molecule has 1 heterocycles. The largest absolute Gasteiger partial charge is 0.371 e. The summed E-state index contributed by atoms with van der Waals surface area (Å²) < 4.78 is 0. The minimum absolute atomic E-state index is 0.105. The van der Waals surface area contributed by atoms with Gasteiger partial charge in [-0.1, -0.05) is 26.0 Å². The van der Waals surface area contributed by atoms with Crippen molar-refractivity contribution in [3.8, 4) is 0 Å². The predicted molar refractivity (Wildman–Crippen MR) is 79.7 cm³/mol. The van der Waals surface area contributed by atoms with E-state index in [-0.39, 0.29) is 17.1 Å². The number of para-hydroxylation sites is 2. The quantitative estimate of drug-likeness (QED) is 0.829. The fourth-order valence-electron chi connectivity index (χ4n) is 2.18.